The van der Waals surface area contributed by atoms with E-state index in [0.29, 0.717) is 28.1 Å². The molecule has 1 aliphatic heterocycles. The lowest BCUT2D eigenvalue weighted by molar-refractivity contribution is -0.113. The predicted octanol–water partition coefficient (Wildman–Crippen LogP) is 4.12. The number of hydrogen-bond acceptors (Lipinski definition) is 6. The molecule has 0 radical (unpaired) electrons. The molecule has 1 aromatic carbocycles. The summed E-state index contributed by atoms with van der Waals surface area (Å²) in [6, 6.07) is 9.57. The second kappa shape index (κ2) is 9.77. The third-order valence-corrected chi connectivity index (χ3v) is 6.72. The summed E-state index contributed by atoms with van der Waals surface area (Å²) in [7, 11) is 0. The molecule has 1 N–H and O–H groups in total. The van der Waals surface area contributed by atoms with Gasteiger partial charge in [0.25, 0.3) is 0 Å². The number of carbonyl (C=O) groups is 1. The lowest BCUT2D eigenvalue weighted by Crippen LogP contribution is -2.22. The minimum atomic E-state index is -0.224. The minimum Gasteiger partial charge on any atom is -0.376 e. The Bertz CT molecular complexity index is 1180. The smallest absolute Gasteiger partial charge is 0.235 e. The van der Waals surface area contributed by atoms with Gasteiger partial charge in [0.15, 0.2) is 5.16 Å². The molecule has 0 aliphatic carbocycles. The van der Waals surface area contributed by atoms with Gasteiger partial charge in [-0.1, -0.05) is 29.4 Å². The van der Waals surface area contributed by atoms with Crippen LogP contribution in [0, 0.1) is 25.2 Å². The van der Waals surface area contributed by atoms with Crippen LogP contribution < -0.4 is 5.32 Å². The van der Waals surface area contributed by atoms with E-state index < -0.39 is 0 Å². The van der Waals surface area contributed by atoms with E-state index in [1.54, 1.807) is 23.0 Å². The Balaban J connectivity index is 1.49. The molecule has 0 spiro atoms. The standard InChI is InChI=1S/C22H23ClN6O2S/c1-14-15(2)28(11-18-7-4-8-31-18)21(19(14)10-24)26-20(30)12-32-22-27-25-13-29(22)17-6-3-5-16(23)9-17/h3,5-6,9,13,18H,4,7-8,11-12H2,1-2H3,(H,26,30)/t18-/m0/s1. The second-order valence-corrected chi connectivity index (χ2v) is 8.97. The Hall–Kier alpha value is -2.80. The monoisotopic (exact) mass is 470 g/mol. The molecule has 0 bridgehead atoms. The Morgan fingerprint density at radius 2 is 2.28 bits per heavy atom. The van der Waals surface area contributed by atoms with Crippen LogP contribution in [0.2, 0.25) is 5.02 Å². The fourth-order valence-corrected chi connectivity index (χ4v) is 4.69. The average molecular weight is 471 g/mol. The Labute approximate surface area is 195 Å². The van der Waals surface area contributed by atoms with Crippen molar-refractivity contribution in [2.24, 2.45) is 0 Å². The summed E-state index contributed by atoms with van der Waals surface area (Å²) < 4.78 is 9.53. The van der Waals surface area contributed by atoms with Gasteiger partial charge in [0, 0.05) is 17.3 Å². The summed E-state index contributed by atoms with van der Waals surface area (Å²) in [6.45, 7) is 5.22. The number of amides is 1. The van der Waals surface area contributed by atoms with Gasteiger partial charge in [-0.15, -0.1) is 10.2 Å². The number of carbonyl (C=O) groups excluding carboxylic acids is 1. The van der Waals surface area contributed by atoms with Crippen LogP contribution in [0.15, 0.2) is 35.7 Å². The molecule has 4 rings (SSSR count). The number of benzene rings is 1. The highest BCUT2D eigenvalue weighted by Gasteiger charge is 2.24. The molecule has 10 heteroatoms. The van der Waals surface area contributed by atoms with Crippen molar-refractivity contribution < 1.29 is 9.53 Å². The Morgan fingerprint density at radius 3 is 3.00 bits per heavy atom. The molecule has 2 aromatic heterocycles. The third-order valence-electron chi connectivity index (χ3n) is 5.54. The molecule has 8 nitrogen and oxygen atoms in total. The van der Waals surface area contributed by atoms with Crippen molar-refractivity contribution in [1.82, 2.24) is 19.3 Å². The van der Waals surface area contributed by atoms with E-state index in [9.17, 15) is 10.1 Å². The van der Waals surface area contributed by atoms with E-state index in [0.717, 1.165) is 36.4 Å². The van der Waals surface area contributed by atoms with E-state index in [4.69, 9.17) is 16.3 Å². The van der Waals surface area contributed by atoms with Gasteiger partial charge in [-0.25, -0.2) is 0 Å². The summed E-state index contributed by atoms with van der Waals surface area (Å²) in [4.78, 5) is 12.8. The number of nitrogens with zero attached hydrogens (tertiary/aromatic N) is 5. The summed E-state index contributed by atoms with van der Waals surface area (Å²) in [6.07, 6.45) is 3.68. The molecule has 32 heavy (non-hydrogen) atoms. The fourth-order valence-electron chi connectivity index (χ4n) is 3.77. The van der Waals surface area contributed by atoms with Crippen molar-refractivity contribution in [3.63, 3.8) is 0 Å². The normalized spacial score (nSPS) is 15.6. The molecule has 166 valence electrons. The molecule has 0 unspecified atom stereocenters. The number of anilines is 1. The second-order valence-electron chi connectivity index (χ2n) is 7.59. The molecule has 3 aromatic rings. The zero-order chi connectivity index (χ0) is 22.7. The number of rotatable bonds is 7. The predicted molar refractivity (Wildman–Crippen MR) is 123 cm³/mol. The summed E-state index contributed by atoms with van der Waals surface area (Å²) in [5.74, 6) is 0.422. The lowest BCUT2D eigenvalue weighted by atomic mass is 10.2. The first-order valence-corrected chi connectivity index (χ1v) is 11.6. The van der Waals surface area contributed by atoms with E-state index >= 15 is 0 Å². The van der Waals surface area contributed by atoms with E-state index in [-0.39, 0.29) is 17.8 Å². The van der Waals surface area contributed by atoms with Crippen LogP contribution in [0.4, 0.5) is 5.82 Å². The van der Waals surface area contributed by atoms with Crippen LogP contribution >= 0.6 is 23.4 Å². The van der Waals surface area contributed by atoms with Gasteiger partial charge in [0.05, 0.1) is 29.7 Å². The molecule has 1 saturated heterocycles. The van der Waals surface area contributed by atoms with Crippen molar-refractivity contribution in [2.45, 2.75) is 44.5 Å². The summed E-state index contributed by atoms with van der Waals surface area (Å²) in [5, 5.41) is 21.9. The SMILES string of the molecule is Cc1c(C#N)c(NC(=O)CSc2nncn2-c2cccc(Cl)c2)n(C[C@@H]2CCCO2)c1C. The topological polar surface area (TPSA) is 97.8 Å². The van der Waals surface area contributed by atoms with Crippen molar-refractivity contribution >= 4 is 35.1 Å². The van der Waals surface area contributed by atoms with E-state index in [1.165, 1.54) is 11.8 Å². The quantitative estimate of drug-likeness (QED) is 0.521. The molecule has 1 amide bonds. The highest BCUT2D eigenvalue weighted by molar-refractivity contribution is 7.99. The van der Waals surface area contributed by atoms with Crippen molar-refractivity contribution in [2.75, 3.05) is 17.7 Å². The third kappa shape index (κ3) is 4.67. The van der Waals surface area contributed by atoms with Crippen LogP contribution in [-0.4, -0.2) is 43.7 Å². The molecule has 1 aliphatic rings. The van der Waals surface area contributed by atoms with Gasteiger partial charge in [-0.2, -0.15) is 5.26 Å². The number of hydrogen-bond donors (Lipinski definition) is 1. The first-order chi connectivity index (χ1) is 15.5. The van der Waals surface area contributed by atoms with E-state index in [1.807, 2.05) is 30.5 Å². The number of ether oxygens (including phenoxy) is 1. The van der Waals surface area contributed by atoms with Gasteiger partial charge in [0.2, 0.25) is 5.91 Å². The maximum atomic E-state index is 12.8. The van der Waals surface area contributed by atoms with Crippen molar-refractivity contribution in [1.29, 1.82) is 5.26 Å². The maximum absolute atomic E-state index is 12.8. The van der Waals surface area contributed by atoms with Crippen LogP contribution in [0.25, 0.3) is 5.69 Å². The largest absolute Gasteiger partial charge is 0.376 e. The zero-order valence-electron chi connectivity index (χ0n) is 17.8. The zero-order valence-corrected chi connectivity index (χ0v) is 19.4. The summed E-state index contributed by atoms with van der Waals surface area (Å²) in [5.41, 5.74) is 3.13. The summed E-state index contributed by atoms with van der Waals surface area (Å²) >= 11 is 7.35. The highest BCUT2D eigenvalue weighted by Crippen LogP contribution is 2.29. The van der Waals surface area contributed by atoms with Gasteiger partial charge in [0.1, 0.15) is 18.2 Å². The number of halogens is 1. The molecular formula is C22H23ClN6O2S. The number of aromatic nitrogens is 4. The minimum absolute atomic E-state index is 0.0910. The van der Waals surface area contributed by atoms with Gasteiger partial charge in [-0.3, -0.25) is 9.36 Å². The maximum Gasteiger partial charge on any atom is 0.235 e. The van der Waals surface area contributed by atoms with Gasteiger partial charge >= 0.3 is 0 Å². The highest BCUT2D eigenvalue weighted by atomic mass is 35.5. The Kier molecular flexibility index (Phi) is 6.84. The van der Waals surface area contributed by atoms with Crippen LogP contribution in [0.1, 0.15) is 29.7 Å². The number of nitrogens with one attached hydrogen (secondary N) is 1. The van der Waals surface area contributed by atoms with Crippen molar-refractivity contribution in [3.8, 4) is 11.8 Å². The van der Waals surface area contributed by atoms with Gasteiger partial charge < -0.3 is 14.6 Å². The molecular weight excluding hydrogens is 448 g/mol. The lowest BCUT2D eigenvalue weighted by Gasteiger charge is -2.16. The first-order valence-electron chi connectivity index (χ1n) is 10.3. The van der Waals surface area contributed by atoms with E-state index in [2.05, 4.69) is 21.6 Å². The number of nitriles is 1. The molecule has 1 fully saturated rings. The molecule has 3 heterocycles. The Morgan fingerprint density at radius 1 is 1.44 bits per heavy atom. The van der Waals surface area contributed by atoms with Crippen molar-refractivity contribution in [3.05, 3.63) is 52.4 Å². The first kappa shape index (κ1) is 22.4. The average Bonchev–Trinajstić information content (AvgIpc) is 3.51. The fraction of sp³-hybridized carbons (Fsp3) is 0.364. The number of thioether (sulfide) groups is 1. The molecule has 0 saturated carbocycles. The van der Waals surface area contributed by atoms with Crippen LogP contribution in [0.5, 0.6) is 0 Å². The van der Waals surface area contributed by atoms with Crippen LogP contribution in [-0.2, 0) is 16.1 Å². The molecule has 1 atom stereocenters. The van der Waals surface area contributed by atoms with Gasteiger partial charge in [-0.05, 0) is 50.5 Å². The van der Waals surface area contributed by atoms with Crippen LogP contribution in [0.3, 0.4) is 0 Å².